The van der Waals surface area contributed by atoms with E-state index in [-0.39, 0.29) is 24.0 Å². The van der Waals surface area contributed by atoms with E-state index >= 15 is 0 Å². The third-order valence-electron chi connectivity index (χ3n) is 2.08. The Morgan fingerprint density at radius 3 is 2.76 bits per heavy atom. The number of rotatable bonds is 4. The molecule has 0 saturated heterocycles. The van der Waals surface area contributed by atoms with Gasteiger partial charge in [-0.25, -0.2) is 4.39 Å². The van der Waals surface area contributed by atoms with E-state index in [1.54, 1.807) is 6.07 Å². The largest absolute Gasteiger partial charge is 0.352 e. The van der Waals surface area contributed by atoms with Crippen LogP contribution in [0.15, 0.2) is 22.7 Å². The van der Waals surface area contributed by atoms with Gasteiger partial charge >= 0.3 is 0 Å². The van der Waals surface area contributed by atoms with Crippen LogP contribution in [0.4, 0.5) is 4.39 Å². The SMILES string of the molecule is CC(N)CCNC(=O)c1c(F)cccc1Br.Cl. The van der Waals surface area contributed by atoms with Crippen LogP contribution in [-0.2, 0) is 0 Å². The Morgan fingerprint density at radius 1 is 1.59 bits per heavy atom. The van der Waals surface area contributed by atoms with Crippen molar-refractivity contribution in [2.45, 2.75) is 19.4 Å². The monoisotopic (exact) mass is 324 g/mol. The van der Waals surface area contributed by atoms with Crippen molar-refractivity contribution in [1.29, 1.82) is 0 Å². The molecular formula is C11H15BrClFN2O. The average Bonchev–Trinajstić information content (AvgIpc) is 2.16. The summed E-state index contributed by atoms with van der Waals surface area (Å²) in [7, 11) is 0. The van der Waals surface area contributed by atoms with Crippen molar-refractivity contribution in [1.82, 2.24) is 5.32 Å². The highest BCUT2D eigenvalue weighted by atomic mass is 79.9. The van der Waals surface area contributed by atoms with Crippen LogP contribution in [0.25, 0.3) is 0 Å². The summed E-state index contributed by atoms with van der Waals surface area (Å²) in [5, 5.41) is 2.62. The van der Waals surface area contributed by atoms with E-state index in [4.69, 9.17) is 5.73 Å². The number of nitrogens with two attached hydrogens (primary N) is 1. The Labute approximate surface area is 114 Å². The molecule has 0 saturated carbocycles. The van der Waals surface area contributed by atoms with Crippen molar-refractivity contribution in [2.75, 3.05) is 6.54 Å². The van der Waals surface area contributed by atoms with Crippen LogP contribution in [0, 0.1) is 5.82 Å². The zero-order chi connectivity index (χ0) is 12.1. The van der Waals surface area contributed by atoms with E-state index in [2.05, 4.69) is 21.2 Å². The van der Waals surface area contributed by atoms with Gasteiger partial charge in [0.2, 0.25) is 0 Å². The molecule has 3 nitrogen and oxygen atoms in total. The van der Waals surface area contributed by atoms with Crippen LogP contribution >= 0.6 is 28.3 Å². The minimum atomic E-state index is -0.535. The van der Waals surface area contributed by atoms with Crippen LogP contribution in [0.2, 0.25) is 0 Å². The molecular weight excluding hydrogens is 310 g/mol. The summed E-state index contributed by atoms with van der Waals surface area (Å²) < 4.78 is 13.8. The van der Waals surface area contributed by atoms with Gasteiger partial charge in [0.25, 0.3) is 5.91 Å². The average molecular weight is 326 g/mol. The van der Waals surface area contributed by atoms with Crippen LogP contribution in [0.3, 0.4) is 0 Å². The minimum Gasteiger partial charge on any atom is -0.352 e. The molecule has 1 rings (SSSR count). The van der Waals surface area contributed by atoms with E-state index in [0.717, 1.165) is 0 Å². The number of carbonyl (C=O) groups excluding carboxylic acids is 1. The Kier molecular flexibility index (Phi) is 7.34. The third kappa shape index (κ3) is 5.02. The van der Waals surface area contributed by atoms with Gasteiger partial charge in [0.1, 0.15) is 5.82 Å². The maximum Gasteiger partial charge on any atom is 0.255 e. The van der Waals surface area contributed by atoms with E-state index in [0.29, 0.717) is 17.4 Å². The van der Waals surface area contributed by atoms with Gasteiger partial charge in [-0.1, -0.05) is 6.07 Å². The molecule has 17 heavy (non-hydrogen) atoms. The molecule has 0 radical (unpaired) electrons. The van der Waals surface area contributed by atoms with Gasteiger partial charge in [0, 0.05) is 17.1 Å². The number of benzene rings is 1. The topological polar surface area (TPSA) is 55.1 Å². The van der Waals surface area contributed by atoms with Crippen LogP contribution in [0.1, 0.15) is 23.7 Å². The smallest absolute Gasteiger partial charge is 0.255 e. The number of halogens is 3. The summed E-state index contributed by atoms with van der Waals surface area (Å²) in [6.07, 6.45) is 0.664. The lowest BCUT2D eigenvalue weighted by molar-refractivity contribution is 0.0948. The quantitative estimate of drug-likeness (QED) is 0.893. The minimum absolute atomic E-state index is 0. The van der Waals surface area contributed by atoms with E-state index in [9.17, 15) is 9.18 Å². The lowest BCUT2D eigenvalue weighted by Gasteiger charge is -2.09. The number of hydrogen-bond acceptors (Lipinski definition) is 2. The van der Waals surface area contributed by atoms with Gasteiger partial charge in [-0.15, -0.1) is 12.4 Å². The molecule has 1 aromatic rings. The molecule has 1 unspecified atom stereocenters. The zero-order valence-corrected chi connectivity index (χ0v) is 11.8. The van der Waals surface area contributed by atoms with Crippen LogP contribution < -0.4 is 11.1 Å². The summed E-state index contributed by atoms with van der Waals surface area (Å²) in [4.78, 5) is 11.6. The highest BCUT2D eigenvalue weighted by molar-refractivity contribution is 9.10. The van der Waals surface area contributed by atoms with Gasteiger partial charge in [-0.05, 0) is 41.4 Å². The molecule has 0 bridgehead atoms. The second-order valence-electron chi connectivity index (χ2n) is 3.62. The summed E-state index contributed by atoms with van der Waals surface area (Å²) in [6.45, 7) is 2.29. The first kappa shape index (κ1) is 16.4. The van der Waals surface area contributed by atoms with E-state index < -0.39 is 11.7 Å². The van der Waals surface area contributed by atoms with Crippen molar-refractivity contribution in [3.8, 4) is 0 Å². The molecule has 0 aromatic heterocycles. The maximum absolute atomic E-state index is 13.4. The fourth-order valence-electron chi connectivity index (χ4n) is 1.22. The third-order valence-corrected chi connectivity index (χ3v) is 2.74. The summed E-state index contributed by atoms with van der Waals surface area (Å²) in [6, 6.07) is 4.44. The molecule has 3 N–H and O–H groups in total. The van der Waals surface area contributed by atoms with Crippen LogP contribution in [0.5, 0.6) is 0 Å². The first-order valence-electron chi connectivity index (χ1n) is 5.00. The highest BCUT2D eigenvalue weighted by Crippen LogP contribution is 2.19. The van der Waals surface area contributed by atoms with Gasteiger partial charge < -0.3 is 11.1 Å². The number of carbonyl (C=O) groups is 1. The fraction of sp³-hybridized carbons (Fsp3) is 0.364. The van der Waals surface area contributed by atoms with Crippen molar-refractivity contribution in [3.63, 3.8) is 0 Å². The number of hydrogen-bond donors (Lipinski definition) is 2. The molecule has 1 aromatic carbocycles. The molecule has 0 fully saturated rings. The lowest BCUT2D eigenvalue weighted by atomic mass is 10.2. The number of nitrogens with one attached hydrogen (secondary N) is 1. The molecule has 96 valence electrons. The van der Waals surface area contributed by atoms with E-state index in [1.165, 1.54) is 12.1 Å². The first-order valence-corrected chi connectivity index (χ1v) is 5.79. The normalized spacial score (nSPS) is 11.5. The predicted octanol–water partition coefficient (Wildman–Crippen LogP) is 2.48. The summed E-state index contributed by atoms with van der Waals surface area (Å²) >= 11 is 3.14. The second kappa shape index (κ2) is 7.63. The Bertz CT molecular complexity index is 367. The molecule has 0 aliphatic carbocycles. The second-order valence-corrected chi connectivity index (χ2v) is 4.47. The highest BCUT2D eigenvalue weighted by Gasteiger charge is 2.14. The molecule has 0 heterocycles. The van der Waals surface area contributed by atoms with Crippen molar-refractivity contribution >= 4 is 34.2 Å². The molecule has 1 atom stereocenters. The summed E-state index contributed by atoms with van der Waals surface area (Å²) in [5.41, 5.74) is 5.58. The Morgan fingerprint density at radius 2 is 2.24 bits per heavy atom. The van der Waals surface area contributed by atoms with Crippen molar-refractivity contribution < 1.29 is 9.18 Å². The molecule has 6 heteroatoms. The van der Waals surface area contributed by atoms with Gasteiger partial charge in [0.15, 0.2) is 0 Å². The molecule has 0 spiro atoms. The summed E-state index contributed by atoms with van der Waals surface area (Å²) in [5.74, 6) is -0.960. The van der Waals surface area contributed by atoms with Gasteiger partial charge in [0.05, 0.1) is 5.56 Å². The fourth-order valence-corrected chi connectivity index (χ4v) is 1.74. The zero-order valence-electron chi connectivity index (χ0n) is 9.37. The van der Waals surface area contributed by atoms with Crippen molar-refractivity contribution in [2.24, 2.45) is 5.73 Å². The Balaban J connectivity index is 0.00000256. The first-order chi connectivity index (χ1) is 7.52. The standard InChI is InChI=1S/C11H14BrFN2O.ClH/c1-7(14)5-6-15-11(16)10-8(12)3-2-4-9(10)13;/h2-4,7H,5-6,14H2,1H3,(H,15,16);1H. The number of amides is 1. The molecule has 0 aliphatic heterocycles. The Hall–Kier alpha value is -0.650. The van der Waals surface area contributed by atoms with Gasteiger partial charge in [-0.3, -0.25) is 4.79 Å². The maximum atomic E-state index is 13.4. The molecule has 0 aliphatic rings. The van der Waals surface area contributed by atoms with Gasteiger partial charge in [-0.2, -0.15) is 0 Å². The van der Waals surface area contributed by atoms with Crippen molar-refractivity contribution in [3.05, 3.63) is 34.1 Å². The lowest BCUT2D eigenvalue weighted by Crippen LogP contribution is -2.29. The molecule has 1 amide bonds. The van der Waals surface area contributed by atoms with E-state index in [1.807, 2.05) is 6.92 Å². The van der Waals surface area contributed by atoms with Crippen LogP contribution in [-0.4, -0.2) is 18.5 Å². The predicted molar refractivity (Wildman–Crippen MR) is 71.9 cm³/mol.